The van der Waals surface area contributed by atoms with Crippen molar-refractivity contribution in [3.8, 4) is 11.5 Å². The predicted octanol–water partition coefficient (Wildman–Crippen LogP) is 4.54. The molecule has 0 radical (unpaired) electrons. The number of amides is 2. The fraction of sp³-hybridized carbons (Fsp3) is 0.130. The highest BCUT2D eigenvalue weighted by Gasteiger charge is 2.13. The van der Waals surface area contributed by atoms with Crippen molar-refractivity contribution < 1.29 is 19.1 Å². The molecule has 2 N–H and O–H groups in total. The molecule has 0 saturated heterocycles. The third-order valence-electron chi connectivity index (χ3n) is 4.40. The number of carbonyl (C=O) groups is 2. The SMILES string of the molecule is CNC(=O)c1ccc(NC(=O)c2ccc(OCc3ccccc3Cl)c(OC)c2)cc1. The van der Waals surface area contributed by atoms with Crippen LogP contribution in [0.5, 0.6) is 11.5 Å². The van der Waals surface area contributed by atoms with Crippen LogP contribution in [0, 0.1) is 0 Å². The Hall–Kier alpha value is -3.51. The summed E-state index contributed by atoms with van der Waals surface area (Å²) in [7, 11) is 3.07. The third kappa shape index (κ3) is 5.10. The van der Waals surface area contributed by atoms with Gasteiger partial charge in [0.2, 0.25) is 0 Å². The van der Waals surface area contributed by atoms with Crippen LogP contribution in [0.15, 0.2) is 66.7 Å². The molecule has 0 spiro atoms. The van der Waals surface area contributed by atoms with Crippen molar-refractivity contribution in [1.82, 2.24) is 5.32 Å². The molecule has 3 aromatic carbocycles. The van der Waals surface area contributed by atoms with Crippen molar-refractivity contribution in [3.63, 3.8) is 0 Å². The molecule has 154 valence electrons. The summed E-state index contributed by atoms with van der Waals surface area (Å²) < 4.78 is 11.2. The topological polar surface area (TPSA) is 76.7 Å². The molecule has 0 fully saturated rings. The van der Waals surface area contributed by atoms with E-state index < -0.39 is 0 Å². The first-order valence-electron chi connectivity index (χ1n) is 9.19. The van der Waals surface area contributed by atoms with Crippen LogP contribution in [0.4, 0.5) is 5.69 Å². The van der Waals surface area contributed by atoms with E-state index in [9.17, 15) is 9.59 Å². The Morgan fingerprint density at radius 1 is 0.900 bits per heavy atom. The Morgan fingerprint density at radius 2 is 1.60 bits per heavy atom. The number of hydrogen-bond acceptors (Lipinski definition) is 4. The van der Waals surface area contributed by atoms with Gasteiger partial charge in [-0.05, 0) is 48.5 Å². The highest BCUT2D eigenvalue weighted by molar-refractivity contribution is 6.31. The molecule has 0 saturated carbocycles. The van der Waals surface area contributed by atoms with Gasteiger partial charge in [0.05, 0.1) is 7.11 Å². The molecule has 0 atom stereocenters. The van der Waals surface area contributed by atoms with Crippen molar-refractivity contribution >= 4 is 29.1 Å². The zero-order valence-electron chi connectivity index (χ0n) is 16.6. The van der Waals surface area contributed by atoms with E-state index in [2.05, 4.69) is 10.6 Å². The first kappa shape index (κ1) is 21.2. The average molecular weight is 425 g/mol. The molecule has 3 aromatic rings. The van der Waals surface area contributed by atoms with Crippen molar-refractivity contribution in [2.45, 2.75) is 6.61 Å². The lowest BCUT2D eigenvalue weighted by Gasteiger charge is -2.13. The Bertz CT molecular complexity index is 1050. The van der Waals surface area contributed by atoms with Gasteiger partial charge in [0.1, 0.15) is 6.61 Å². The zero-order valence-corrected chi connectivity index (χ0v) is 17.3. The van der Waals surface area contributed by atoms with E-state index in [0.717, 1.165) is 5.56 Å². The van der Waals surface area contributed by atoms with E-state index in [4.69, 9.17) is 21.1 Å². The molecule has 0 aromatic heterocycles. The number of anilines is 1. The monoisotopic (exact) mass is 424 g/mol. The quantitative estimate of drug-likeness (QED) is 0.583. The number of benzene rings is 3. The Balaban J connectivity index is 1.69. The molecule has 0 aliphatic heterocycles. The first-order valence-corrected chi connectivity index (χ1v) is 9.57. The maximum atomic E-state index is 12.6. The van der Waals surface area contributed by atoms with E-state index in [1.165, 1.54) is 7.11 Å². The van der Waals surface area contributed by atoms with Crippen LogP contribution in [-0.2, 0) is 6.61 Å². The molecule has 0 aliphatic rings. The fourth-order valence-electron chi connectivity index (χ4n) is 2.75. The minimum atomic E-state index is -0.307. The lowest BCUT2D eigenvalue weighted by atomic mass is 10.1. The number of carbonyl (C=O) groups excluding carboxylic acids is 2. The highest BCUT2D eigenvalue weighted by atomic mass is 35.5. The number of hydrogen-bond donors (Lipinski definition) is 2. The third-order valence-corrected chi connectivity index (χ3v) is 4.77. The zero-order chi connectivity index (χ0) is 21.5. The van der Waals surface area contributed by atoms with Crippen LogP contribution >= 0.6 is 11.6 Å². The lowest BCUT2D eigenvalue weighted by molar-refractivity contribution is 0.0962. The van der Waals surface area contributed by atoms with Gasteiger partial charge >= 0.3 is 0 Å². The molecule has 0 bridgehead atoms. The second-order valence-corrected chi connectivity index (χ2v) is 6.76. The van der Waals surface area contributed by atoms with Crippen molar-refractivity contribution in [2.24, 2.45) is 0 Å². The van der Waals surface area contributed by atoms with Gasteiger partial charge in [0.15, 0.2) is 11.5 Å². The Labute approximate surface area is 179 Å². The van der Waals surface area contributed by atoms with Gasteiger partial charge in [-0.3, -0.25) is 9.59 Å². The summed E-state index contributed by atoms with van der Waals surface area (Å²) >= 11 is 6.16. The van der Waals surface area contributed by atoms with Gasteiger partial charge in [-0.15, -0.1) is 0 Å². The summed E-state index contributed by atoms with van der Waals surface area (Å²) in [6.07, 6.45) is 0. The molecule has 2 amide bonds. The minimum absolute atomic E-state index is 0.190. The van der Waals surface area contributed by atoms with Gasteiger partial charge in [-0.25, -0.2) is 0 Å². The van der Waals surface area contributed by atoms with E-state index in [-0.39, 0.29) is 18.4 Å². The number of halogens is 1. The summed E-state index contributed by atoms with van der Waals surface area (Å²) in [6, 6.07) is 19.0. The van der Waals surface area contributed by atoms with Gasteiger partial charge in [-0.1, -0.05) is 29.8 Å². The predicted molar refractivity (Wildman–Crippen MR) is 117 cm³/mol. The molecule has 30 heavy (non-hydrogen) atoms. The van der Waals surface area contributed by atoms with E-state index in [0.29, 0.717) is 33.3 Å². The minimum Gasteiger partial charge on any atom is -0.493 e. The smallest absolute Gasteiger partial charge is 0.255 e. The van der Waals surface area contributed by atoms with Crippen LogP contribution in [0.3, 0.4) is 0 Å². The molecule has 0 aliphatic carbocycles. The van der Waals surface area contributed by atoms with E-state index >= 15 is 0 Å². The molecule has 7 heteroatoms. The summed E-state index contributed by atoms with van der Waals surface area (Å²) in [5.74, 6) is 0.442. The molecule has 0 heterocycles. The second-order valence-electron chi connectivity index (χ2n) is 6.36. The summed E-state index contributed by atoms with van der Waals surface area (Å²) in [6.45, 7) is 0.277. The van der Waals surface area contributed by atoms with Crippen LogP contribution in [0.1, 0.15) is 26.3 Å². The van der Waals surface area contributed by atoms with Gasteiger partial charge in [0, 0.05) is 34.4 Å². The standard InChI is InChI=1S/C23H21ClN2O4/c1-25-22(27)15-7-10-18(11-8-15)26-23(28)16-9-12-20(21(13-16)29-2)30-14-17-5-3-4-6-19(17)24/h3-13H,14H2,1-2H3,(H,25,27)(H,26,28). The summed E-state index contributed by atoms with van der Waals surface area (Å²) in [4.78, 5) is 24.2. The lowest BCUT2D eigenvalue weighted by Crippen LogP contribution is -2.17. The average Bonchev–Trinajstić information content (AvgIpc) is 2.78. The van der Waals surface area contributed by atoms with Crippen LogP contribution in [0.2, 0.25) is 5.02 Å². The number of ether oxygens (including phenoxy) is 2. The van der Waals surface area contributed by atoms with Crippen LogP contribution in [0.25, 0.3) is 0 Å². The number of rotatable bonds is 7. The molecule has 6 nitrogen and oxygen atoms in total. The van der Waals surface area contributed by atoms with Crippen LogP contribution in [-0.4, -0.2) is 26.0 Å². The highest BCUT2D eigenvalue weighted by Crippen LogP contribution is 2.30. The Morgan fingerprint density at radius 3 is 2.27 bits per heavy atom. The van der Waals surface area contributed by atoms with E-state index in [1.54, 1.807) is 55.6 Å². The maximum Gasteiger partial charge on any atom is 0.255 e. The maximum absolute atomic E-state index is 12.6. The van der Waals surface area contributed by atoms with Gasteiger partial charge < -0.3 is 20.1 Å². The van der Waals surface area contributed by atoms with Crippen molar-refractivity contribution in [1.29, 1.82) is 0 Å². The normalized spacial score (nSPS) is 10.2. The molecular formula is C23H21ClN2O4. The second kappa shape index (κ2) is 9.80. The fourth-order valence-corrected chi connectivity index (χ4v) is 2.94. The molecular weight excluding hydrogens is 404 g/mol. The molecule has 0 unspecified atom stereocenters. The largest absolute Gasteiger partial charge is 0.493 e. The van der Waals surface area contributed by atoms with Gasteiger partial charge in [-0.2, -0.15) is 0 Å². The van der Waals surface area contributed by atoms with Gasteiger partial charge in [0.25, 0.3) is 11.8 Å². The molecule has 3 rings (SSSR count). The number of nitrogens with one attached hydrogen (secondary N) is 2. The van der Waals surface area contributed by atoms with Crippen LogP contribution < -0.4 is 20.1 Å². The Kier molecular flexibility index (Phi) is 6.93. The summed E-state index contributed by atoms with van der Waals surface area (Å²) in [5.41, 5.74) is 2.35. The van der Waals surface area contributed by atoms with Crippen molar-refractivity contribution in [2.75, 3.05) is 19.5 Å². The first-order chi connectivity index (χ1) is 14.5. The summed E-state index contributed by atoms with van der Waals surface area (Å²) in [5, 5.41) is 5.96. The number of methoxy groups -OCH3 is 1. The van der Waals surface area contributed by atoms with E-state index in [1.807, 2.05) is 18.2 Å². The van der Waals surface area contributed by atoms with Crippen molar-refractivity contribution in [3.05, 3.63) is 88.4 Å².